The number of carboxylic acids is 1. The number of benzene rings is 7. The van der Waals surface area contributed by atoms with Crippen LogP contribution in [0.4, 0.5) is 11.4 Å². The maximum Gasteiger partial charge on any atom is 0.338 e. The highest BCUT2D eigenvalue weighted by atomic mass is 35.5. The Morgan fingerprint density at radius 1 is 0.565 bits per heavy atom. The van der Waals surface area contributed by atoms with E-state index in [1.807, 2.05) is 91.8 Å². The van der Waals surface area contributed by atoms with Crippen molar-refractivity contribution in [2.75, 3.05) is 10.6 Å². The molecule has 0 fully saturated rings. The van der Waals surface area contributed by atoms with Crippen molar-refractivity contribution in [1.29, 1.82) is 5.41 Å². The van der Waals surface area contributed by atoms with E-state index >= 15 is 4.79 Å². The monoisotopic (exact) mass is 906 g/mol. The van der Waals surface area contributed by atoms with Crippen molar-refractivity contribution in [3.8, 4) is 0 Å². The smallest absolute Gasteiger partial charge is 0.338 e. The third-order valence-corrected chi connectivity index (χ3v) is 13.2. The van der Waals surface area contributed by atoms with Crippen LogP contribution in [0.1, 0.15) is 148 Å². The SMILES string of the molecule is CC(C)c1cccc(C(C)C)c1NC(=N)c1c(C(=O)O)c(Cl)c2c3c(Cl)cc4c5c(cc(Cl)c(c6c(Cl)cc(C(=O)Nc7c(C(C)C)cccc7C(C)C)c1c62)c53)C(=O)NC4=O. The van der Waals surface area contributed by atoms with E-state index in [9.17, 15) is 24.9 Å². The second kappa shape index (κ2) is 15.7. The molecule has 3 amide bonds. The number of hydrogen-bond acceptors (Lipinski definition) is 5. The van der Waals surface area contributed by atoms with Crippen LogP contribution < -0.4 is 16.0 Å². The fraction of sp³-hybridized carbons (Fsp3) is 0.245. The zero-order valence-electron chi connectivity index (χ0n) is 35.1. The molecule has 1 aliphatic rings. The summed E-state index contributed by atoms with van der Waals surface area (Å²) in [6.45, 7) is 16.2. The van der Waals surface area contributed by atoms with Crippen LogP contribution in [0.15, 0.2) is 54.6 Å². The number of halogens is 4. The van der Waals surface area contributed by atoms with E-state index in [0.717, 1.165) is 22.3 Å². The molecule has 0 unspecified atom stereocenters. The Bertz CT molecular complexity index is 3100. The summed E-state index contributed by atoms with van der Waals surface area (Å²) in [5, 5.41) is 31.4. The highest BCUT2D eigenvalue weighted by Crippen LogP contribution is 2.54. The molecule has 0 saturated heterocycles. The molecule has 0 atom stereocenters. The molecule has 5 N–H and O–H groups in total. The number of carbonyl (C=O) groups is 4. The maximum absolute atomic E-state index is 15.2. The number of hydrogen-bond donors (Lipinski definition) is 5. The predicted molar refractivity (Wildman–Crippen MR) is 254 cm³/mol. The van der Waals surface area contributed by atoms with Gasteiger partial charge in [-0.2, -0.15) is 0 Å². The lowest BCUT2D eigenvalue weighted by Crippen LogP contribution is -2.34. The van der Waals surface area contributed by atoms with Crippen LogP contribution >= 0.6 is 46.4 Å². The van der Waals surface area contributed by atoms with Crippen LogP contribution in [0, 0.1) is 5.41 Å². The molecule has 0 aliphatic carbocycles. The molecule has 316 valence electrons. The summed E-state index contributed by atoms with van der Waals surface area (Å²) in [4.78, 5) is 55.8. The van der Waals surface area contributed by atoms with E-state index in [-0.39, 0.29) is 110 Å². The minimum atomic E-state index is -1.48. The normalized spacial score (nSPS) is 12.9. The first kappa shape index (κ1) is 43.2. The number of fused-ring (bicyclic) bond motifs is 2. The van der Waals surface area contributed by atoms with Gasteiger partial charge in [-0.15, -0.1) is 0 Å². The van der Waals surface area contributed by atoms with E-state index in [0.29, 0.717) is 16.8 Å². The van der Waals surface area contributed by atoms with E-state index in [1.165, 1.54) is 18.2 Å². The van der Waals surface area contributed by atoms with Crippen molar-refractivity contribution in [2.45, 2.75) is 79.1 Å². The molecule has 1 aliphatic heterocycles. The molecule has 0 spiro atoms. The van der Waals surface area contributed by atoms with Gasteiger partial charge >= 0.3 is 5.97 Å². The van der Waals surface area contributed by atoms with Crippen molar-refractivity contribution in [1.82, 2.24) is 5.32 Å². The van der Waals surface area contributed by atoms with E-state index in [1.54, 1.807) is 0 Å². The number of carbonyl (C=O) groups excluding carboxylic acids is 3. The molecule has 0 aromatic heterocycles. The van der Waals surface area contributed by atoms with Gasteiger partial charge in [0.2, 0.25) is 0 Å². The van der Waals surface area contributed by atoms with Gasteiger partial charge in [-0.05, 0) is 64.1 Å². The first-order valence-electron chi connectivity index (χ1n) is 20.3. The third kappa shape index (κ3) is 6.55. The van der Waals surface area contributed by atoms with Crippen LogP contribution in [0.25, 0.3) is 43.1 Å². The third-order valence-electron chi connectivity index (χ3n) is 11.9. The number of amides is 3. The number of aromatic carboxylic acids is 1. The average Bonchev–Trinajstić information content (AvgIpc) is 3.19. The molecule has 1 heterocycles. The summed E-state index contributed by atoms with van der Waals surface area (Å²) in [5.41, 5.74) is 4.30. The molecular weight excluding hydrogens is 866 g/mol. The number of rotatable bonds is 9. The lowest BCUT2D eigenvalue weighted by atomic mass is 9.81. The van der Waals surface area contributed by atoms with Crippen LogP contribution in [-0.4, -0.2) is 34.6 Å². The van der Waals surface area contributed by atoms with E-state index in [4.69, 9.17) is 46.4 Å². The zero-order valence-corrected chi connectivity index (χ0v) is 38.1. The summed E-state index contributed by atoms with van der Waals surface area (Å²) >= 11 is 29.0. The first-order valence-corrected chi connectivity index (χ1v) is 21.8. The number of imide groups is 1. The molecule has 9 nitrogen and oxygen atoms in total. The lowest BCUT2D eigenvalue weighted by molar-refractivity contribution is 0.0695. The van der Waals surface area contributed by atoms with E-state index in [2.05, 4.69) is 16.0 Å². The fourth-order valence-electron chi connectivity index (χ4n) is 9.15. The minimum Gasteiger partial charge on any atom is -0.478 e. The van der Waals surface area contributed by atoms with Crippen LogP contribution in [0.3, 0.4) is 0 Å². The standard InChI is InChI=1S/C49H42Cl4N4O5/c1-18(2)22-11-9-12-23(19(3)4)43(22)55-45(54)40-33-28(46(58)56-44-24(20(5)6)13-10-14-25(44)21(7)8)17-30(51)35-34-29(50)15-26-32-27(48(60)57-47(26)59)16-31(52)36(37(32)34)39(38(33)35)42(53)41(40)49(61)62/h9-21H,1-8H3,(H2,54,55)(H,56,58)(H,61,62)(H,57,59,60). The first-order chi connectivity index (χ1) is 29.3. The van der Waals surface area contributed by atoms with Gasteiger partial charge in [0, 0.05) is 91.8 Å². The Hall–Kier alpha value is -5.45. The Kier molecular flexibility index (Phi) is 11.0. The van der Waals surface area contributed by atoms with Crippen molar-refractivity contribution in [3.63, 3.8) is 0 Å². The Morgan fingerprint density at radius 2 is 0.968 bits per heavy atom. The van der Waals surface area contributed by atoms with Gasteiger partial charge in [-0.3, -0.25) is 25.1 Å². The molecule has 0 saturated carbocycles. The zero-order chi connectivity index (χ0) is 45.0. The van der Waals surface area contributed by atoms with Gasteiger partial charge in [0.1, 0.15) is 5.84 Å². The second-order valence-corrected chi connectivity index (χ2v) is 18.7. The highest BCUT2D eigenvalue weighted by molar-refractivity contribution is 6.56. The number of carboxylic acid groups (broad SMARTS) is 1. The van der Waals surface area contributed by atoms with Crippen LogP contribution in [0.2, 0.25) is 20.1 Å². The second-order valence-electron chi connectivity index (χ2n) is 17.1. The predicted octanol–water partition coefficient (Wildman–Crippen LogP) is 14.1. The number of anilines is 2. The highest BCUT2D eigenvalue weighted by Gasteiger charge is 2.36. The molecule has 62 heavy (non-hydrogen) atoms. The molecule has 0 radical (unpaired) electrons. The van der Waals surface area contributed by atoms with E-state index < -0.39 is 29.3 Å². The van der Waals surface area contributed by atoms with Gasteiger partial charge in [0.05, 0.1) is 10.6 Å². The van der Waals surface area contributed by atoms with Crippen molar-refractivity contribution in [2.24, 2.45) is 0 Å². The van der Waals surface area contributed by atoms with Gasteiger partial charge in [-0.25, -0.2) is 4.79 Å². The summed E-state index contributed by atoms with van der Waals surface area (Å²) in [6, 6.07) is 16.0. The van der Waals surface area contributed by atoms with Crippen molar-refractivity contribution >= 4 is 130 Å². The largest absolute Gasteiger partial charge is 0.478 e. The molecule has 7 aromatic carbocycles. The van der Waals surface area contributed by atoms with Crippen LogP contribution in [-0.2, 0) is 0 Å². The Morgan fingerprint density at radius 3 is 1.40 bits per heavy atom. The molecular formula is C49H42Cl4N4O5. The topological polar surface area (TPSA) is 148 Å². The van der Waals surface area contributed by atoms with Gasteiger partial charge in [0.15, 0.2) is 0 Å². The molecule has 8 rings (SSSR count). The van der Waals surface area contributed by atoms with Gasteiger partial charge in [0.25, 0.3) is 17.7 Å². The number of nitrogens with one attached hydrogen (secondary N) is 4. The number of para-hydroxylation sites is 2. The van der Waals surface area contributed by atoms with Gasteiger partial charge < -0.3 is 15.7 Å². The quantitative estimate of drug-likeness (QED) is 0.0320. The molecule has 7 aromatic rings. The summed E-state index contributed by atoms with van der Waals surface area (Å²) in [7, 11) is 0. The maximum atomic E-state index is 15.2. The van der Waals surface area contributed by atoms with Crippen molar-refractivity contribution in [3.05, 3.63) is 125 Å². The lowest BCUT2D eigenvalue weighted by Gasteiger charge is -2.27. The van der Waals surface area contributed by atoms with Crippen LogP contribution in [0.5, 0.6) is 0 Å². The van der Waals surface area contributed by atoms with Gasteiger partial charge in [-0.1, -0.05) is 138 Å². The molecule has 13 heteroatoms. The number of amidine groups is 1. The summed E-state index contributed by atoms with van der Waals surface area (Å²) < 4.78 is 0. The average molecular weight is 909 g/mol. The summed E-state index contributed by atoms with van der Waals surface area (Å²) in [5.74, 6) is -3.76. The Balaban J connectivity index is 1.59. The van der Waals surface area contributed by atoms with Crippen molar-refractivity contribution < 1.29 is 24.3 Å². The Labute approximate surface area is 377 Å². The minimum absolute atomic E-state index is 0.00320. The fourth-order valence-corrected chi connectivity index (χ4v) is 10.4. The molecule has 0 bridgehead atoms. The summed E-state index contributed by atoms with van der Waals surface area (Å²) in [6.07, 6.45) is 0.